The molecule has 0 bridgehead atoms. The molecule has 1 unspecified atom stereocenters. The number of rotatable bonds is 2. The number of thiophene rings is 1. The van der Waals surface area contributed by atoms with Crippen LogP contribution in [0.15, 0.2) is 36.0 Å². The second-order valence-corrected chi connectivity index (χ2v) is 4.24. The SMILES string of the molecule is Cc1sccc1C(O)c1cccnc1. The van der Waals surface area contributed by atoms with Gasteiger partial charge < -0.3 is 5.11 Å². The van der Waals surface area contributed by atoms with Crippen molar-refractivity contribution in [1.29, 1.82) is 0 Å². The number of aryl methyl sites for hydroxylation is 1. The Morgan fingerprint density at radius 3 is 2.86 bits per heavy atom. The lowest BCUT2D eigenvalue weighted by atomic mass is 10.0. The smallest absolute Gasteiger partial charge is 0.107 e. The van der Waals surface area contributed by atoms with Crippen LogP contribution in [0, 0.1) is 6.92 Å². The van der Waals surface area contributed by atoms with Crippen LogP contribution in [0.25, 0.3) is 0 Å². The molecule has 0 spiro atoms. The quantitative estimate of drug-likeness (QED) is 0.817. The first kappa shape index (κ1) is 9.37. The van der Waals surface area contributed by atoms with Gasteiger partial charge in [-0.3, -0.25) is 4.98 Å². The van der Waals surface area contributed by atoms with Crippen molar-refractivity contribution in [3.8, 4) is 0 Å². The number of aliphatic hydroxyl groups excluding tert-OH is 1. The maximum Gasteiger partial charge on any atom is 0.107 e. The van der Waals surface area contributed by atoms with E-state index in [0.717, 1.165) is 16.0 Å². The van der Waals surface area contributed by atoms with Crippen molar-refractivity contribution >= 4 is 11.3 Å². The van der Waals surface area contributed by atoms with Crippen LogP contribution in [0.3, 0.4) is 0 Å². The van der Waals surface area contributed by atoms with Gasteiger partial charge in [0.25, 0.3) is 0 Å². The molecule has 0 aliphatic heterocycles. The van der Waals surface area contributed by atoms with E-state index >= 15 is 0 Å². The lowest BCUT2D eigenvalue weighted by molar-refractivity contribution is 0.219. The lowest BCUT2D eigenvalue weighted by Crippen LogP contribution is -1.99. The van der Waals surface area contributed by atoms with Gasteiger partial charge in [0.2, 0.25) is 0 Å². The Labute approximate surface area is 86.9 Å². The summed E-state index contributed by atoms with van der Waals surface area (Å²) in [6.07, 6.45) is 2.85. The molecule has 14 heavy (non-hydrogen) atoms. The summed E-state index contributed by atoms with van der Waals surface area (Å²) >= 11 is 1.65. The first-order valence-corrected chi connectivity index (χ1v) is 5.29. The lowest BCUT2D eigenvalue weighted by Gasteiger charge is -2.09. The summed E-state index contributed by atoms with van der Waals surface area (Å²) in [5.41, 5.74) is 1.82. The molecule has 0 aliphatic carbocycles. The molecule has 2 aromatic rings. The fourth-order valence-corrected chi connectivity index (χ4v) is 2.13. The normalized spacial score (nSPS) is 12.7. The molecule has 0 aliphatic rings. The number of aliphatic hydroxyl groups is 1. The standard InChI is InChI=1S/C11H11NOS/c1-8-10(4-6-14-8)11(13)9-3-2-5-12-7-9/h2-7,11,13H,1H3. The minimum Gasteiger partial charge on any atom is -0.384 e. The summed E-state index contributed by atoms with van der Waals surface area (Å²) in [6.45, 7) is 2.01. The Kier molecular flexibility index (Phi) is 2.61. The van der Waals surface area contributed by atoms with Gasteiger partial charge in [-0.05, 0) is 30.0 Å². The van der Waals surface area contributed by atoms with Gasteiger partial charge in [-0.15, -0.1) is 11.3 Å². The van der Waals surface area contributed by atoms with Crippen LogP contribution < -0.4 is 0 Å². The zero-order valence-corrected chi connectivity index (χ0v) is 8.66. The Morgan fingerprint density at radius 2 is 2.29 bits per heavy atom. The second kappa shape index (κ2) is 3.90. The van der Waals surface area contributed by atoms with Crippen LogP contribution in [-0.4, -0.2) is 10.1 Å². The predicted molar refractivity (Wildman–Crippen MR) is 57.4 cm³/mol. The Balaban J connectivity index is 2.34. The van der Waals surface area contributed by atoms with Gasteiger partial charge >= 0.3 is 0 Å². The molecule has 2 heterocycles. The molecule has 0 fully saturated rings. The molecular formula is C11H11NOS. The highest BCUT2D eigenvalue weighted by Gasteiger charge is 2.13. The van der Waals surface area contributed by atoms with Crippen LogP contribution in [0.5, 0.6) is 0 Å². The number of hydrogen-bond acceptors (Lipinski definition) is 3. The molecule has 72 valence electrons. The molecule has 2 rings (SSSR count). The number of hydrogen-bond donors (Lipinski definition) is 1. The van der Waals surface area contributed by atoms with Gasteiger partial charge in [-0.2, -0.15) is 0 Å². The summed E-state index contributed by atoms with van der Waals surface area (Å²) in [5, 5.41) is 12.0. The third-order valence-corrected chi connectivity index (χ3v) is 3.06. The van der Waals surface area contributed by atoms with E-state index < -0.39 is 6.10 Å². The number of aromatic nitrogens is 1. The van der Waals surface area contributed by atoms with Crippen molar-refractivity contribution in [2.45, 2.75) is 13.0 Å². The highest BCUT2D eigenvalue weighted by Crippen LogP contribution is 2.27. The molecule has 0 aromatic carbocycles. The summed E-state index contributed by atoms with van der Waals surface area (Å²) in [4.78, 5) is 5.14. The molecule has 1 N–H and O–H groups in total. The average Bonchev–Trinajstić information content (AvgIpc) is 2.65. The van der Waals surface area contributed by atoms with E-state index in [1.807, 2.05) is 30.5 Å². The third-order valence-electron chi connectivity index (χ3n) is 2.19. The Bertz CT molecular complexity index is 410. The van der Waals surface area contributed by atoms with Crippen LogP contribution >= 0.6 is 11.3 Å². The van der Waals surface area contributed by atoms with E-state index in [0.29, 0.717) is 0 Å². The molecule has 0 saturated carbocycles. The van der Waals surface area contributed by atoms with Crippen molar-refractivity contribution in [2.24, 2.45) is 0 Å². The van der Waals surface area contributed by atoms with Gasteiger partial charge in [-0.1, -0.05) is 6.07 Å². The van der Waals surface area contributed by atoms with Gasteiger partial charge in [0.05, 0.1) is 0 Å². The molecule has 0 radical (unpaired) electrons. The molecule has 1 atom stereocenters. The number of pyridine rings is 1. The van der Waals surface area contributed by atoms with Crippen LogP contribution in [0.1, 0.15) is 22.1 Å². The maximum absolute atomic E-state index is 10.0. The van der Waals surface area contributed by atoms with Crippen molar-refractivity contribution < 1.29 is 5.11 Å². The molecule has 0 amide bonds. The van der Waals surface area contributed by atoms with E-state index in [-0.39, 0.29) is 0 Å². The third kappa shape index (κ3) is 1.69. The van der Waals surface area contributed by atoms with E-state index in [1.165, 1.54) is 0 Å². The van der Waals surface area contributed by atoms with Gasteiger partial charge in [0.15, 0.2) is 0 Å². The fraction of sp³-hybridized carbons (Fsp3) is 0.182. The minimum atomic E-state index is -0.546. The van der Waals surface area contributed by atoms with E-state index in [4.69, 9.17) is 0 Å². The fourth-order valence-electron chi connectivity index (χ4n) is 1.40. The average molecular weight is 205 g/mol. The molecule has 3 heteroatoms. The van der Waals surface area contributed by atoms with Crippen LogP contribution in [-0.2, 0) is 0 Å². The Hall–Kier alpha value is -1.19. The molecule has 2 aromatic heterocycles. The first-order chi connectivity index (χ1) is 6.79. The number of nitrogens with zero attached hydrogens (tertiary/aromatic N) is 1. The molecule has 2 nitrogen and oxygen atoms in total. The van der Waals surface area contributed by atoms with E-state index in [2.05, 4.69) is 4.98 Å². The van der Waals surface area contributed by atoms with Gasteiger partial charge in [0.1, 0.15) is 6.10 Å². The minimum absolute atomic E-state index is 0.546. The summed E-state index contributed by atoms with van der Waals surface area (Å²) < 4.78 is 0. The van der Waals surface area contributed by atoms with Gasteiger partial charge in [-0.25, -0.2) is 0 Å². The predicted octanol–water partition coefficient (Wildman–Crippen LogP) is 2.53. The van der Waals surface area contributed by atoms with E-state index in [9.17, 15) is 5.11 Å². The van der Waals surface area contributed by atoms with Crippen LogP contribution in [0.4, 0.5) is 0 Å². The zero-order chi connectivity index (χ0) is 9.97. The molecule has 0 saturated heterocycles. The molecular weight excluding hydrogens is 194 g/mol. The topological polar surface area (TPSA) is 33.1 Å². The van der Waals surface area contributed by atoms with Crippen LogP contribution in [0.2, 0.25) is 0 Å². The maximum atomic E-state index is 10.0. The van der Waals surface area contributed by atoms with Crippen molar-refractivity contribution in [3.63, 3.8) is 0 Å². The largest absolute Gasteiger partial charge is 0.384 e. The van der Waals surface area contributed by atoms with Gasteiger partial charge in [0, 0.05) is 22.8 Å². The van der Waals surface area contributed by atoms with Crippen molar-refractivity contribution in [1.82, 2.24) is 4.98 Å². The van der Waals surface area contributed by atoms with Crippen molar-refractivity contribution in [2.75, 3.05) is 0 Å². The zero-order valence-electron chi connectivity index (χ0n) is 7.84. The summed E-state index contributed by atoms with van der Waals surface area (Å²) in [7, 11) is 0. The first-order valence-electron chi connectivity index (χ1n) is 4.41. The monoisotopic (exact) mass is 205 g/mol. The summed E-state index contributed by atoms with van der Waals surface area (Å²) in [5.74, 6) is 0. The highest BCUT2D eigenvalue weighted by atomic mass is 32.1. The second-order valence-electron chi connectivity index (χ2n) is 3.12. The Morgan fingerprint density at radius 1 is 1.43 bits per heavy atom. The highest BCUT2D eigenvalue weighted by molar-refractivity contribution is 7.10. The van der Waals surface area contributed by atoms with Crippen molar-refractivity contribution in [3.05, 3.63) is 52.0 Å². The van der Waals surface area contributed by atoms with E-state index in [1.54, 1.807) is 23.7 Å². The summed E-state index contributed by atoms with van der Waals surface area (Å²) in [6, 6.07) is 5.67.